The number of hydrogen-bond acceptors (Lipinski definition) is 7. The predicted octanol–water partition coefficient (Wildman–Crippen LogP) is 5.55. The fraction of sp³-hybridized carbons (Fsp3) is 0.381. The summed E-state index contributed by atoms with van der Waals surface area (Å²) in [6.07, 6.45) is 0. The van der Waals surface area contributed by atoms with Gasteiger partial charge in [-0.3, -0.25) is 4.79 Å². The Morgan fingerprint density at radius 2 is 1.97 bits per heavy atom. The number of nitrogens with zero attached hydrogens (tertiary/aromatic N) is 3. The fourth-order valence-electron chi connectivity index (χ4n) is 2.94. The van der Waals surface area contributed by atoms with Gasteiger partial charge in [0.1, 0.15) is 11.5 Å². The molecule has 3 aromatic rings. The van der Waals surface area contributed by atoms with E-state index in [1.165, 1.54) is 30.9 Å². The molecule has 0 saturated carbocycles. The number of ether oxygens (including phenoxy) is 2. The molecule has 0 radical (unpaired) electrons. The van der Waals surface area contributed by atoms with Crippen molar-refractivity contribution < 1.29 is 14.3 Å². The molecule has 1 amide bonds. The maximum atomic E-state index is 12.6. The lowest BCUT2D eigenvalue weighted by molar-refractivity contribution is -0.113. The maximum Gasteiger partial charge on any atom is 0.234 e. The third kappa shape index (κ3) is 5.34. The van der Waals surface area contributed by atoms with Crippen molar-refractivity contribution in [2.45, 2.75) is 38.4 Å². The summed E-state index contributed by atoms with van der Waals surface area (Å²) in [5.41, 5.74) is 1.55. The highest BCUT2D eigenvalue weighted by Gasteiger charge is 2.18. The molecule has 10 heteroatoms. The van der Waals surface area contributed by atoms with Gasteiger partial charge in [-0.05, 0) is 18.9 Å². The highest BCUT2D eigenvalue weighted by Crippen LogP contribution is 2.36. The monoisotopic (exact) mass is 480 g/mol. The number of benzene rings is 1. The van der Waals surface area contributed by atoms with Crippen LogP contribution in [0.1, 0.15) is 31.6 Å². The number of anilines is 1. The Kier molecular flexibility index (Phi) is 7.85. The van der Waals surface area contributed by atoms with Crippen LogP contribution in [0.3, 0.4) is 0 Å². The lowest BCUT2D eigenvalue weighted by Crippen LogP contribution is -2.15. The molecule has 0 atom stereocenters. The number of hydrogen-bond donors (Lipinski definition) is 1. The average Bonchev–Trinajstić information content (AvgIpc) is 3.39. The van der Waals surface area contributed by atoms with E-state index in [-0.39, 0.29) is 11.7 Å². The van der Waals surface area contributed by atoms with Crippen LogP contribution in [-0.4, -0.2) is 40.6 Å². The van der Waals surface area contributed by atoms with Crippen molar-refractivity contribution in [2.75, 3.05) is 25.3 Å². The van der Waals surface area contributed by atoms with Gasteiger partial charge >= 0.3 is 0 Å². The van der Waals surface area contributed by atoms with Crippen LogP contribution < -0.4 is 14.8 Å². The van der Waals surface area contributed by atoms with Crippen LogP contribution in [-0.2, 0) is 11.3 Å². The first-order valence-corrected chi connectivity index (χ1v) is 12.0. The molecule has 1 aromatic carbocycles. The van der Waals surface area contributed by atoms with Crippen molar-refractivity contribution in [2.24, 2.45) is 0 Å². The molecule has 0 fully saturated rings. The van der Waals surface area contributed by atoms with Gasteiger partial charge in [-0.25, -0.2) is 0 Å². The lowest BCUT2D eigenvalue weighted by Gasteiger charge is -2.13. The standard InChI is InChI=1S/C21H25ClN4O3S2/c1-6-26-20(13-7-18(12(2)3)30-10-13)24-25-21(26)31-11-19(27)23-15-9-16(28-4)14(22)8-17(15)29-5/h7-10,12H,6,11H2,1-5H3,(H,23,27). The number of aromatic nitrogens is 3. The van der Waals surface area contributed by atoms with Gasteiger partial charge in [-0.1, -0.05) is 37.2 Å². The van der Waals surface area contributed by atoms with Crippen molar-refractivity contribution in [3.8, 4) is 22.9 Å². The zero-order valence-corrected chi connectivity index (χ0v) is 20.5. The zero-order chi connectivity index (χ0) is 22.5. The van der Waals surface area contributed by atoms with E-state index < -0.39 is 0 Å². The molecule has 0 aliphatic rings. The maximum absolute atomic E-state index is 12.6. The molecule has 0 spiro atoms. The molecule has 0 unspecified atom stereocenters. The van der Waals surface area contributed by atoms with E-state index in [2.05, 4.69) is 40.8 Å². The van der Waals surface area contributed by atoms with Gasteiger partial charge in [0, 0.05) is 34.5 Å². The minimum atomic E-state index is -0.197. The Bertz CT molecular complexity index is 1070. The number of thiophene rings is 1. The van der Waals surface area contributed by atoms with Crippen LogP contribution in [0.15, 0.2) is 28.7 Å². The Balaban J connectivity index is 1.71. The van der Waals surface area contributed by atoms with Crippen LogP contribution in [0, 0.1) is 0 Å². The summed E-state index contributed by atoms with van der Waals surface area (Å²) < 4.78 is 12.6. The molecule has 0 aliphatic carbocycles. The van der Waals surface area contributed by atoms with E-state index in [1.807, 2.05) is 11.5 Å². The number of methoxy groups -OCH3 is 2. The Labute approximate surface area is 195 Å². The van der Waals surface area contributed by atoms with Crippen molar-refractivity contribution in [1.82, 2.24) is 14.8 Å². The van der Waals surface area contributed by atoms with E-state index in [0.717, 1.165) is 11.4 Å². The van der Waals surface area contributed by atoms with Gasteiger partial charge in [0.15, 0.2) is 11.0 Å². The zero-order valence-electron chi connectivity index (χ0n) is 18.1. The van der Waals surface area contributed by atoms with Crippen LogP contribution in [0.2, 0.25) is 5.02 Å². The number of carbonyl (C=O) groups excluding carboxylic acids is 1. The molecule has 2 heterocycles. The number of rotatable bonds is 9. The minimum absolute atomic E-state index is 0.174. The molecule has 1 N–H and O–H groups in total. The fourth-order valence-corrected chi connectivity index (χ4v) is 4.88. The molecular weight excluding hydrogens is 456 g/mol. The van der Waals surface area contributed by atoms with E-state index in [4.69, 9.17) is 21.1 Å². The summed E-state index contributed by atoms with van der Waals surface area (Å²) in [6.45, 7) is 7.09. The second-order valence-electron chi connectivity index (χ2n) is 6.97. The lowest BCUT2D eigenvalue weighted by atomic mass is 10.1. The van der Waals surface area contributed by atoms with Gasteiger partial charge < -0.3 is 19.4 Å². The second-order valence-corrected chi connectivity index (χ2v) is 9.26. The summed E-state index contributed by atoms with van der Waals surface area (Å²) in [6, 6.07) is 5.40. The normalized spacial score (nSPS) is 11.1. The highest BCUT2D eigenvalue weighted by atomic mass is 35.5. The molecule has 2 aromatic heterocycles. The average molecular weight is 481 g/mol. The van der Waals surface area contributed by atoms with Crippen LogP contribution in [0.4, 0.5) is 5.69 Å². The first-order valence-electron chi connectivity index (χ1n) is 9.74. The van der Waals surface area contributed by atoms with E-state index in [9.17, 15) is 4.79 Å². The molecular formula is C21H25ClN4O3S2. The summed E-state index contributed by atoms with van der Waals surface area (Å²) >= 11 is 9.18. The van der Waals surface area contributed by atoms with Crippen molar-refractivity contribution in [3.63, 3.8) is 0 Å². The molecule has 3 rings (SSSR count). The van der Waals surface area contributed by atoms with Gasteiger partial charge in [0.05, 0.1) is 30.7 Å². The minimum Gasteiger partial charge on any atom is -0.495 e. The SMILES string of the molecule is CCn1c(SCC(=O)Nc2cc(OC)c(Cl)cc2OC)nnc1-c1csc(C(C)C)c1. The van der Waals surface area contributed by atoms with Gasteiger partial charge in [-0.2, -0.15) is 0 Å². The Morgan fingerprint density at radius 1 is 1.23 bits per heavy atom. The van der Waals surface area contributed by atoms with E-state index in [0.29, 0.717) is 39.8 Å². The summed E-state index contributed by atoms with van der Waals surface area (Å²) in [5.74, 6) is 2.18. The molecule has 7 nitrogen and oxygen atoms in total. The smallest absolute Gasteiger partial charge is 0.234 e. The van der Waals surface area contributed by atoms with Crippen molar-refractivity contribution >= 4 is 46.3 Å². The first-order chi connectivity index (χ1) is 14.9. The summed E-state index contributed by atoms with van der Waals surface area (Å²) in [4.78, 5) is 13.9. The Hall–Kier alpha value is -2.23. The molecule has 166 valence electrons. The number of thioether (sulfide) groups is 1. The largest absolute Gasteiger partial charge is 0.495 e. The molecule has 0 bridgehead atoms. The highest BCUT2D eigenvalue weighted by molar-refractivity contribution is 7.99. The number of amides is 1. The first kappa shape index (κ1) is 23.4. The van der Waals surface area contributed by atoms with Gasteiger partial charge in [0.25, 0.3) is 0 Å². The third-order valence-electron chi connectivity index (χ3n) is 4.56. The predicted molar refractivity (Wildman–Crippen MR) is 127 cm³/mol. The second kappa shape index (κ2) is 10.4. The van der Waals surface area contributed by atoms with Crippen LogP contribution in [0.25, 0.3) is 11.4 Å². The molecule has 0 aliphatic heterocycles. The van der Waals surface area contributed by atoms with Crippen LogP contribution >= 0.6 is 34.7 Å². The van der Waals surface area contributed by atoms with Crippen molar-refractivity contribution in [1.29, 1.82) is 0 Å². The number of halogens is 1. The number of nitrogens with one attached hydrogen (secondary N) is 1. The molecule has 31 heavy (non-hydrogen) atoms. The third-order valence-corrected chi connectivity index (χ3v) is 7.06. The van der Waals surface area contributed by atoms with E-state index in [1.54, 1.807) is 23.5 Å². The molecule has 0 saturated heterocycles. The van der Waals surface area contributed by atoms with Crippen molar-refractivity contribution in [3.05, 3.63) is 33.5 Å². The van der Waals surface area contributed by atoms with Crippen LogP contribution in [0.5, 0.6) is 11.5 Å². The summed E-state index contributed by atoms with van der Waals surface area (Å²) in [7, 11) is 3.03. The summed E-state index contributed by atoms with van der Waals surface area (Å²) in [5, 5.41) is 14.7. The van der Waals surface area contributed by atoms with Gasteiger partial charge in [-0.15, -0.1) is 21.5 Å². The Morgan fingerprint density at radius 3 is 2.58 bits per heavy atom. The van der Waals surface area contributed by atoms with Gasteiger partial charge in [0.2, 0.25) is 5.91 Å². The number of carbonyl (C=O) groups is 1. The topological polar surface area (TPSA) is 78.3 Å². The quantitative estimate of drug-likeness (QED) is 0.404. The van der Waals surface area contributed by atoms with E-state index >= 15 is 0 Å².